The van der Waals surface area contributed by atoms with Crippen LogP contribution in [0.15, 0.2) is 0 Å². The summed E-state index contributed by atoms with van der Waals surface area (Å²) in [5, 5.41) is 8.39. The SMILES string of the molecule is CCCC([C]=O)CO. The summed E-state index contributed by atoms with van der Waals surface area (Å²) in [7, 11) is 0. The standard InChI is InChI=1S/C6H11O2/c1-2-3-6(4-7)5-8/h6-7H,2-4H2,1H3. The lowest BCUT2D eigenvalue weighted by molar-refractivity contribution is 0.251. The van der Waals surface area contributed by atoms with Crippen LogP contribution in [0.2, 0.25) is 0 Å². The van der Waals surface area contributed by atoms with Crippen LogP contribution in [-0.2, 0) is 4.79 Å². The fraction of sp³-hybridized carbons (Fsp3) is 0.833. The van der Waals surface area contributed by atoms with E-state index in [9.17, 15) is 4.79 Å². The van der Waals surface area contributed by atoms with Crippen molar-refractivity contribution in [3.63, 3.8) is 0 Å². The molecule has 0 saturated carbocycles. The molecule has 1 unspecified atom stereocenters. The van der Waals surface area contributed by atoms with Crippen molar-refractivity contribution in [3.05, 3.63) is 0 Å². The van der Waals surface area contributed by atoms with Gasteiger partial charge in [0.1, 0.15) is 0 Å². The number of hydrogen-bond donors (Lipinski definition) is 1. The molecule has 0 amide bonds. The Bertz CT molecular complexity index is 61.5. The zero-order valence-electron chi connectivity index (χ0n) is 5.05. The van der Waals surface area contributed by atoms with Gasteiger partial charge in [-0.15, -0.1) is 0 Å². The second-order valence-electron chi connectivity index (χ2n) is 1.79. The van der Waals surface area contributed by atoms with Gasteiger partial charge >= 0.3 is 0 Å². The highest BCUT2D eigenvalue weighted by Crippen LogP contribution is 1.99. The fourth-order valence-electron chi connectivity index (χ4n) is 0.536. The predicted octanol–water partition coefficient (Wildman–Crippen LogP) is 0.505. The minimum absolute atomic E-state index is 0.0582. The van der Waals surface area contributed by atoms with Gasteiger partial charge in [0.25, 0.3) is 0 Å². The third kappa shape index (κ3) is 2.75. The van der Waals surface area contributed by atoms with Crippen LogP contribution >= 0.6 is 0 Å². The summed E-state index contributed by atoms with van der Waals surface area (Å²) in [6.07, 6.45) is 3.43. The van der Waals surface area contributed by atoms with Crippen molar-refractivity contribution < 1.29 is 9.90 Å². The molecular weight excluding hydrogens is 104 g/mol. The van der Waals surface area contributed by atoms with Gasteiger partial charge in [-0.3, -0.25) is 4.79 Å². The van der Waals surface area contributed by atoms with Crippen LogP contribution in [0.1, 0.15) is 19.8 Å². The Morgan fingerprint density at radius 1 is 1.75 bits per heavy atom. The Kier molecular flexibility index (Phi) is 4.56. The molecule has 0 saturated heterocycles. The van der Waals surface area contributed by atoms with Gasteiger partial charge in [0.2, 0.25) is 6.29 Å². The summed E-state index contributed by atoms with van der Waals surface area (Å²) in [6, 6.07) is 0. The molecule has 0 fully saturated rings. The maximum absolute atomic E-state index is 9.84. The Balaban J connectivity index is 3.21. The highest BCUT2D eigenvalue weighted by Gasteiger charge is 2.02. The van der Waals surface area contributed by atoms with Crippen LogP contribution < -0.4 is 0 Å². The molecule has 8 heavy (non-hydrogen) atoms. The van der Waals surface area contributed by atoms with Crippen molar-refractivity contribution in [3.8, 4) is 0 Å². The van der Waals surface area contributed by atoms with Crippen molar-refractivity contribution >= 4 is 6.29 Å². The zero-order valence-corrected chi connectivity index (χ0v) is 5.05. The molecule has 1 radical (unpaired) electrons. The first-order valence-electron chi connectivity index (χ1n) is 2.83. The Morgan fingerprint density at radius 3 is 2.50 bits per heavy atom. The highest BCUT2D eigenvalue weighted by molar-refractivity contribution is 5.54. The lowest BCUT2D eigenvalue weighted by atomic mass is 10.1. The number of hydrogen-bond acceptors (Lipinski definition) is 2. The van der Waals surface area contributed by atoms with Gasteiger partial charge in [0.05, 0.1) is 6.61 Å². The van der Waals surface area contributed by atoms with Crippen LogP contribution in [0.3, 0.4) is 0 Å². The van der Waals surface area contributed by atoms with E-state index in [0.29, 0.717) is 0 Å². The first kappa shape index (κ1) is 7.63. The normalized spacial score (nSPS) is 13.2. The quantitative estimate of drug-likeness (QED) is 0.579. The smallest absolute Gasteiger partial charge is 0.204 e. The van der Waals surface area contributed by atoms with Gasteiger partial charge in [-0.2, -0.15) is 0 Å². The van der Waals surface area contributed by atoms with E-state index in [4.69, 9.17) is 5.11 Å². The average Bonchev–Trinajstić information content (AvgIpc) is 1.83. The van der Waals surface area contributed by atoms with Gasteiger partial charge in [-0.05, 0) is 6.42 Å². The molecule has 0 rings (SSSR count). The highest BCUT2D eigenvalue weighted by atomic mass is 16.3. The topological polar surface area (TPSA) is 37.3 Å². The minimum atomic E-state index is -0.250. The maximum Gasteiger partial charge on any atom is 0.204 e. The monoisotopic (exact) mass is 115 g/mol. The largest absolute Gasteiger partial charge is 0.396 e. The molecule has 0 bridgehead atoms. The van der Waals surface area contributed by atoms with Crippen molar-refractivity contribution in [2.45, 2.75) is 19.8 Å². The molecule has 2 nitrogen and oxygen atoms in total. The fourth-order valence-corrected chi connectivity index (χ4v) is 0.536. The van der Waals surface area contributed by atoms with Crippen LogP contribution in [-0.4, -0.2) is 18.0 Å². The summed E-state index contributed by atoms with van der Waals surface area (Å²) < 4.78 is 0. The minimum Gasteiger partial charge on any atom is -0.396 e. The van der Waals surface area contributed by atoms with Gasteiger partial charge in [-0.1, -0.05) is 13.3 Å². The maximum atomic E-state index is 9.84. The molecule has 0 aromatic heterocycles. The van der Waals surface area contributed by atoms with Crippen LogP contribution in [0.25, 0.3) is 0 Å². The molecule has 0 spiro atoms. The molecule has 0 aliphatic heterocycles. The van der Waals surface area contributed by atoms with E-state index >= 15 is 0 Å². The van der Waals surface area contributed by atoms with Gasteiger partial charge < -0.3 is 5.11 Å². The molecule has 1 N–H and O–H groups in total. The van der Waals surface area contributed by atoms with Gasteiger partial charge in [0.15, 0.2) is 0 Å². The number of aliphatic hydroxyl groups excluding tert-OH is 1. The van der Waals surface area contributed by atoms with Crippen molar-refractivity contribution in [2.24, 2.45) is 5.92 Å². The van der Waals surface area contributed by atoms with E-state index in [1.807, 2.05) is 6.92 Å². The van der Waals surface area contributed by atoms with Gasteiger partial charge in [0, 0.05) is 5.92 Å². The second-order valence-corrected chi connectivity index (χ2v) is 1.79. The predicted molar refractivity (Wildman–Crippen MR) is 31.2 cm³/mol. The Labute approximate surface area is 49.5 Å². The summed E-state index contributed by atoms with van der Waals surface area (Å²) in [4.78, 5) is 9.84. The molecule has 0 aliphatic carbocycles. The lowest BCUT2D eigenvalue weighted by Crippen LogP contribution is -2.05. The van der Waals surface area contributed by atoms with E-state index in [0.717, 1.165) is 12.8 Å². The lowest BCUT2D eigenvalue weighted by Gasteiger charge is -1.99. The van der Waals surface area contributed by atoms with Crippen molar-refractivity contribution in [2.75, 3.05) is 6.61 Å². The van der Waals surface area contributed by atoms with Crippen molar-refractivity contribution in [1.29, 1.82) is 0 Å². The third-order valence-electron chi connectivity index (χ3n) is 1.02. The number of carbonyl (C=O) groups excluding carboxylic acids is 1. The molecule has 0 aromatic carbocycles. The van der Waals surface area contributed by atoms with E-state index in [2.05, 4.69) is 0 Å². The number of aliphatic hydroxyl groups is 1. The first-order chi connectivity index (χ1) is 3.85. The van der Waals surface area contributed by atoms with Crippen LogP contribution in [0, 0.1) is 5.92 Å². The third-order valence-corrected chi connectivity index (χ3v) is 1.02. The molecule has 0 heterocycles. The molecular formula is C6H11O2. The Morgan fingerprint density at radius 2 is 2.38 bits per heavy atom. The average molecular weight is 115 g/mol. The van der Waals surface area contributed by atoms with Crippen LogP contribution in [0.5, 0.6) is 0 Å². The summed E-state index contributed by atoms with van der Waals surface area (Å²) >= 11 is 0. The first-order valence-corrected chi connectivity index (χ1v) is 2.83. The molecule has 0 aliphatic rings. The van der Waals surface area contributed by atoms with E-state index in [1.54, 1.807) is 6.29 Å². The Hall–Kier alpha value is -0.370. The summed E-state index contributed by atoms with van der Waals surface area (Å²) in [5.41, 5.74) is 0. The van der Waals surface area contributed by atoms with E-state index in [-0.39, 0.29) is 12.5 Å². The van der Waals surface area contributed by atoms with Crippen LogP contribution in [0.4, 0.5) is 0 Å². The second kappa shape index (κ2) is 4.78. The van der Waals surface area contributed by atoms with E-state index < -0.39 is 0 Å². The number of rotatable bonds is 4. The van der Waals surface area contributed by atoms with Crippen molar-refractivity contribution in [1.82, 2.24) is 0 Å². The zero-order chi connectivity index (χ0) is 6.41. The summed E-state index contributed by atoms with van der Waals surface area (Å²) in [5.74, 6) is -0.250. The van der Waals surface area contributed by atoms with E-state index in [1.165, 1.54) is 0 Å². The molecule has 47 valence electrons. The molecule has 2 heteroatoms. The molecule has 1 atom stereocenters. The summed E-state index contributed by atoms with van der Waals surface area (Å²) in [6.45, 7) is 1.91. The molecule has 0 aromatic rings. The van der Waals surface area contributed by atoms with Gasteiger partial charge in [-0.25, -0.2) is 0 Å².